The van der Waals surface area contributed by atoms with Crippen LogP contribution in [0.2, 0.25) is 0 Å². The largest absolute Gasteiger partial charge is 0.458 e. The molecular formula is C40H49N3O15. The quantitative estimate of drug-likeness (QED) is 0.0980. The van der Waals surface area contributed by atoms with Gasteiger partial charge in [-0.3, -0.25) is 19.2 Å². The molecule has 1 saturated carbocycles. The molecule has 314 valence electrons. The summed E-state index contributed by atoms with van der Waals surface area (Å²) >= 11 is 0. The maximum atomic E-state index is 14.8. The van der Waals surface area contributed by atoms with E-state index in [2.05, 4.69) is 10.6 Å². The lowest BCUT2D eigenvalue weighted by molar-refractivity contribution is -0.298. The van der Waals surface area contributed by atoms with Crippen LogP contribution in [-0.2, 0) is 62.3 Å². The van der Waals surface area contributed by atoms with Gasteiger partial charge in [-0.2, -0.15) is 5.06 Å². The molecule has 4 heterocycles. The van der Waals surface area contributed by atoms with Crippen molar-refractivity contribution in [3.8, 4) is 0 Å². The minimum absolute atomic E-state index is 0.0182. The van der Waals surface area contributed by atoms with E-state index in [1.165, 1.54) is 12.0 Å². The maximum Gasteiger partial charge on any atom is 0.327 e. The predicted molar refractivity (Wildman–Crippen MR) is 196 cm³/mol. The third kappa shape index (κ3) is 7.14. The van der Waals surface area contributed by atoms with Crippen molar-refractivity contribution in [1.29, 1.82) is 0 Å². The number of hydrogen-bond acceptors (Lipinski definition) is 16. The van der Waals surface area contributed by atoms with Crippen LogP contribution in [0.5, 0.6) is 0 Å². The van der Waals surface area contributed by atoms with E-state index in [0.717, 1.165) is 11.1 Å². The van der Waals surface area contributed by atoms with Crippen LogP contribution < -0.4 is 10.6 Å². The minimum atomic E-state index is -1.66. The number of aliphatic hydroxyl groups excluding tert-OH is 6. The van der Waals surface area contributed by atoms with Crippen LogP contribution in [0.3, 0.4) is 0 Å². The van der Waals surface area contributed by atoms with E-state index in [9.17, 15) is 45.0 Å². The fourth-order valence-electron chi connectivity index (χ4n) is 9.27. The molecule has 8 rings (SSSR count). The number of carbonyl (C=O) groups excluding carboxylic acids is 3. The Labute approximate surface area is 333 Å². The van der Waals surface area contributed by atoms with Crippen molar-refractivity contribution in [3.05, 3.63) is 76.9 Å². The number of aliphatic hydroxyl groups is 6. The van der Waals surface area contributed by atoms with Crippen molar-refractivity contribution in [2.75, 3.05) is 26.4 Å². The van der Waals surface area contributed by atoms with Gasteiger partial charge < -0.3 is 65.0 Å². The molecule has 1 spiro atoms. The van der Waals surface area contributed by atoms with Crippen LogP contribution in [0.15, 0.2) is 54.6 Å². The Bertz CT molecular complexity index is 1870. The smallest absolute Gasteiger partial charge is 0.327 e. The molecule has 2 aromatic rings. The van der Waals surface area contributed by atoms with E-state index in [0.29, 0.717) is 24.0 Å². The van der Waals surface area contributed by atoms with E-state index in [4.69, 9.17) is 28.5 Å². The summed E-state index contributed by atoms with van der Waals surface area (Å²) in [6.45, 7) is 0.179. The molecule has 2 aliphatic carbocycles. The Balaban J connectivity index is 1.07. The van der Waals surface area contributed by atoms with E-state index < -0.39 is 109 Å². The fraction of sp³-hybridized carbons (Fsp3) is 0.575. The first-order valence-corrected chi connectivity index (χ1v) is 19.5. The number of carbonyl (C=O) groups is 3. The van der Waals surface area contributed by atoms with Gasteiger partial charge in [0.2, 0.25) is 11.8 Å². The number of ether oxygens (including phenoxy) is 5. The van der Waals surface area contributed by atoms with Crippen molar-refractivity contribution >= 4 is 23.9 Å². The summed E-state index contributed by atoms with van der Waals surface area (Å²) in [5.41, 5.74) is 1.80. The van der Waals surface area contributed by atoms with E-state index >= 15 is 0 Å². The molecule has 13 unspecified atom stereocenters. The van der Waals surface area contributed by atoms with E-state index in [1.54, 1.807) is 24.3 Å². The number of esters is 1. The third-order valence-electron chi connectivity index (χ3n) is 12.1. The second-order valence-electron chi connectivity index (χ2n) is 15.8. The molecule has 18 nitrogen and oxygen atoms in total. The number of benzene rings is 2. The number of hydrogen-bond donors (Lipinski definition) is 8. The highest BCUT2D eigenvalue weighted by Crippen LogP contribution is 2.58. The van der Waals surface area contributed by atoms with Gasteiger partial charge in [0, 0.05) is 25.8 Å². The topological polar surface area (TPSA) is 255 Å². The molecule has 18 heteroatoms. The van der Waals surface area contributed by atoms with Crippen molar-refractivity contribution in [1.82, 2.24) is 15.7 Å². The second-order valence-corrected chi connectivity index (χ2v) is 15.8. The number of rotatable bonds is 13. The van der Waals surface area contributed by atoms with Gasteiger partial charge in [0.1, 0.15) is 60.3 Å². The zero-order valence-electron chi connectivity index (χ0n) is 31.7. The standard InChI is InChI=1S/C40H49N3O15/c1-20(46)27(35(50)41-12-13-44)42-38(52)40-17-25-31-32(57-39(56-31)15-22-8-3-4-9-23(22)16-39)34(40)58-43(33(40)36(51)54-25)18-24-10-5-2-7-21(24)11-6-14-53-37-30(49)29(48)28(47)26(19-45)55-37/h2-11,20,25-34,37,44-49H,12-19H2,1H3,(H,41,50)(H,42,52). The summed E-state index contributed by atoms with van der Waals surface area (Å²) in [4.78, 5) is 48.8. The highest BCUT2D eigenvalue weighted by molar-refractivity contribution is 5.96. The Morgan fingerprint density at radius 3 is 2.41 bits per heavy atom. The first kappa shape index (κ1) is 40.9. The first-order chi connectivity index (χ1) is 27.9. The minimum Gasteiger partial charge on any atom is -0.458 e. The second kappa shape index (κ2) is 16.3. The van der Waals surface area contributed by atoms with Gasteiger partial charge >= 0.3 is 5.97 Å². The van der Waals surface area contributed by atoms with Crippen LogP contribution in [0.1, 0.15) is 35.6 Å². The Morgan fingerprint density at radius 2 is 1.71 bits per heavy atom. The fourth-order valence-corrected chi connectivity index (χ4v) is 9.27. The lowest BCUT2D eigenvalue weighted by Crippen LogP contribution is -2.71. The highest BCUT2D eigenvalue weighted by atomic mass is 16.8. The van der Waals surface area contributed by atoms with Crippen molar-refractivity contribution in [3.63, 3.8) is 0 Å². The molecule has 6 aliphatic rings. The molecule has 0 aromatic heterocycles. The third-order valence-corrected chi connectivity index (χ3v) is 12.1. The van der Waals surface area contributed by atoms with Crippen LogP contribution in [0, 0.1) is 5.41 Å². The molecule has 2 amide bonds. The van der Waals surface area contributed by atoms with Crippen molar-refractivity contribution in [2.45, 2.75) is 112 Å². The normalized spacial score (nSPS) is 35.7. The van der Waals surface area contributed by atoms with E-state index in [1.807, 2.05) is 36.4 Å². The Kier molecular flexibility index (Phi) is 11.5. The van der Waals surface area contributed by atoms with Gasteiger partial charge in [-0.05, 0) is 29.2 Å². The molecule has 58 heavy (non-hydrogen) atoms. The molecule has 5 fully saturated rings. The van der Waals surface area contributed by atoms with Gasteiger partial charge in [-0.25, -0.2) is 0 Å². The first-order valence-electron chi connectivity index (χ1n) is 19.5. The Hall–Kier alpha value is -3.89. The van der Waals surface area contributed by atoms with Crippen LogP contribution >= 0.6 is 0 Å². The molecule has 2 bridgehead atoms. The monoisotopic (exact) mass is 811 g/mol. The molecule has 4 aliphatic heterocycles. The van der Waals surface area contributed by atoms with Crippen molar-refractivity contribution < 1.29 is 73.5 Å². The van der Waals surface area contributed by atoms with Crippen LogP contribution in [0.4, 0.5) is 0 Å². The average Bonchev–Trinajstić information content (AvgIpc) is 3.89. The zero-order valence-corrected chi connectivity index (χ0v) is 31.7. The lowest BCUT2D eigenvalue weighted by atomic mass is 9.62. The highest BCUT2D eigenvalue weighted by Gasteiger charge is 2.76. The summed E-state index contributed by atoms with van der Waals surface area (Å²) < 4.78 is 30.6. The van der Waals surface area contributed by atoms with Gasteiger partial charge in [0.05, 0.1) is 32.5 Å². The summed E-state index contributed by atoms with van der Waals surface area (Å²) in [6, 6.07) is 12.4. The number of amides is 2. The number of hydroxylamine groups is 2. The summed E-state index contributed by atoms with van der Waals surface area (Å²) in [5, 5.41) is 66.6. The molecule has 13 atom stereocenters. The zero-order chi connectivity index (χ0) is 40.9. The molecule has 0 radical (unpaired) electrons. The molecule has 8 N–H and O–H groups in total. The molecule has 4 saturated heterocycles. The maximum absolute atomic E-state index is 14.8. The predicted octanol–water partition coefficient (Wildman–Crippen LogP) is -2.43. The Morgan fingerprint density at radius 1 is 1.00 bits per heavy atom. The summed E-state index contributed by atoms with van der Waals surface area (Å²) in [5.74, 6) is -3.26. The number of fused-ring (bicyclic) bond motifs is 5. The van der Waals surface area contributed by atoms with Gasteiger partial charge in [-0.15, -0.1) is 0 Å². The van der Waals surface area contributed by atoms with E-state index in [-0.39, 0.29) is 32.7 Å². The number of nitrogens with zero attached hydrogens (tertiary/aromatic N) is 1. The summed E-state index contributed by atoms with van der Waals surface area (Å²) in [6.07, 6.45) is -7.88. The summed E-state index contributed by atoms with van der Waals surface area (Å²) in [7, 11) is 0. The molecular weight excluding hydrogens is 762 g/mol. The van der Waals surface area contributed by atoms with Gasteiger partial charge in [0.15, 0.2) is 18.1 Å². The lowest BCUT2D eigenvalue weighted by Gasteiger charge is -2.49. The SMILES string of the molecule is CC(O)C(NC(=O)C12CC3OC(=O)C1N(Cc1ccccc1C=CCOC1OC(CO)C(O)C(O)C1O)OC2C1OC2(Cc4ccccc4C2)OC31)C(=O)NCCO. The van der Waals surface area contributed by atoms with Crippen LogP contribution in [0.25, 0.3) is 6.08 Å². The number of nitrogens with one attached hydrogen (secondary N) is 2. The molecule has 2 aromatic carbocycles. The van der Waals surface area contributed by atoms with Gasteiger partial charge in [-0.1, -0.05) is 60.7 Å². The van der Waals surface area contributed by atoms with Crippen molar-refractivity contribution in [2.24, 2.45) is 5.41 Å². The van der Waals surface area contributed by atoms with Crippen LogP contribution in [-0.4, -0.2) is 159 Å². The average molecular weight is 812 g/mol. The van der Waals surface area contributed by atoms with Gasteiger partial charge in [0.25, 0.3) is 0 Å².